The Morgan fingerprint density at radius 1 is 1.13 bits per heavy atom. The number of carbonyl (C=O) groups excluding carboxylic acids is 3. The van der Waals surface area contributed by atoms with Crippen LogP contribution in [0.5, 0.6) is 5.75 Å². The number of imide groups is 1. The van der Waals surface area contributed by atoms with Crippen molar-refractivity contribution in [1.29, 1.82) is 0 Å². The molecule has 2 fully saturated rings. The molecule has 0 saturated carbocycles. The molecule has 2 aromatic rings. The number of hydrogen-bond acceptors (Lipinski definition) is 5. The molecular formula is C24H27N2O5+. The topological polar surface area (TPSA) is 89.5 Å². The summed E-state index contributed by atoms with van der Waals surface area (Å²) in [4.78, 5) is 41.5. The fraction of sp³-hybridized carbons (Fsp3) is 0.375. The third kappa shape index (κ3) is 3.20. The van der Waals surface area contributed by atoms with Gasteiger partial charge in [0.15, 0.2) is 0 Å². The molecule has 0 spiro atoms. The van der Waals surface area contributed by atoms with E-state index in [0.29, 0.717) is 11.4 Å². The van der Waals surface area contributed by atoms with E-state index in [1.165, 1.54) is 12.0 Å². The number of quaternary nitrogens is 1. The molecule has 4 rings (SSSR count). The quantitative estimate of drug-likeness (QED) is 0.585. The van der Waals surface area contributed by atoms with E-state index in [1.54, 1.807) is 38.1 Å². The van der Waals surface area contributed by atoms with Crippen LogP contribution in [-0.2, 0) is 19.1 Å². The molecule has 2 saturated heterocycles. The number of nitrogens with zero attached hydrogens (tertiary/aromatic N) is 1. The zero-order valence-corrected chi connectivity index (χ0v) is 18.1. The molecule has 2 aromatic carbocycles. The number of benzene rings is 2. The van der Waals surface area contributed by atoms with Crippen molar-refractivity contribution >= 4 is 23.5 Å². The Balaban J connectivity index is 1.83. The Labute approximate surface area is 181 Å². The van der Waals surface area contributed by atoms with E-state index in [2.05, 4.69) is 0 Å². The molecule has 2 aliphatic rings. The second-order valence-electron chi connectivity index (χ2n) is 8.27. The minimum absolute atomic E-state index is 0.205. The van der Waals surface area contributed by atoms with Crippen molar-refractivity contribution in [2.45, 2.75) is 32.4 Å². The van der Waals surface area contributed by atoms with E-state index >= 15 is 0 Å². The van der Waals surface area contributed by atoms with E-state index in [4.69, 9.17) is 9.47 Å². The number of anilines is 1. The number of hydrogen-bond donors (Lipinski definition) is 1. The molecule has 4 atom stereocenters. The molecule has 2 aliphatic heterocycles. The fourth-order valence-corrected chi connectivity index (χ4v) is 4.99. The first-order chi connectivity index (χ1) is 14.8. The number of ether oxygens (including phenoxy) is 2. The summed E-state index contributed by atoms with van der Waals surface area (Å²) in [7, 11) is 1.53. The van der Waals surface area contributed by atoms with Crippen LogP contribution in [0.15, 0.2) is 48.5 Å². The standard InChI is InChI=1S/C24H26N2O5/c1-5-31-23(29)24(3)19-18(20(25-24)17-12-7-6-9-14(17)2)21(27)26(22(19)28)15-10-8-11-16(13-15)30-4/h6-13,18-20,25H,5H2,1-4H3/p+1/t18-,19-,20-,24-/m0/s1. The van der Waals surface area contributed by atoms with Crippen molar-refractivity contribution in [3.8, 4) is 5.75 Å². The van der Waals surface area contributed by atoms with Crippen LogP contribution in [0.25, 0.3) is 0 Å². The first kappa shape index (κ1) is 21.1. The molecular weight excluding hydrogens is 396 g/mol. The van der Waals surface area contributed by atoms with Crippen LogP contribution in [0.2, 0.25) is 0 Å². The Bertz CT molecular complexity index is 1050. The summed E-state index contributed by atoms with van der Waals surface area (Å²) >= 11 is 0. The lowest BCUT2D eigenvalue weighted by Crippen LogP contribution is -2.97. The highest BCUT2D eigenvalue weighted by Gasteiger charge is 2.71. The maximum absolute atomic E-state index is 13.7. The van der Waals surface area contributed by atoms with Gasteiger partial charge in [0.2, 0.25) is 17.4 Å². The van der Waals surface area contributed by atoms with Gasteiger partial charge >= 0.3 is 5.97 Å². The largest absolute Gasteiger partial charge is 0.497 e. The summed E-state index contributed by atoms with van der Waals surface area (Å²) in [5.41, 5.74) is 1.20. The zero-order valence-electron chi connectivity index (χ0n) is 18.1. The molecule has 2 heterocycles. The monoisotopic (exact) mass is 423 g/mol. The molecule has 0 unspecified atom stereocenters. The van der Waals surface area contributed by atoms with Crippen molar-refractivity contribution < 1.29 is 29.2 Å². The second-order valence-corrected chi connectivity index (χ2v) is 8.27. The number of aryl methyl sites for hydroxylation is 1. The molecule has 0 bridgehead atoms. The molecule has 2 amide bonds. The first-order valence-electron chi connectivity index (χ1n) is 10.4. The van der Waals surface area contributed by atoms with Crippen LogP contribution in [-0.4, -0.2) is 37.0 Å². The van der Waals surface area contributed by atoms with Crippen LogP contribution >= 0.6 is 0 Å². The molecule has 0 aromatic heterocycles. The van der Waals surface area contributed by atoms with Gasteiger partial charge in [0.1, 0.15) is 23.6 Å². The van der Waals surface area contributed by atoms with Gasteiger partial charge in [0.05, 0.1) is 19.4 Å². The number of methoxy groups -OCH3 is 1. The molecule has 7 nitrogen and oxygen atoms in total. The minimum Gasteiger partial charge on any atom is -0.497 e. The summed E-state index contributed by atoms with van der Waals surface area (Å²) in [5.74, 6) is -2.11. The van der Waals surface area contributed by atoms with Gasteiger partial charge in [-0.3, -0.25) is 9.59 Å². The molecule has 31 heavy (non-hydrogen) atoms. The fourth-order valence-electron chi connectivity index (χ4n) is 4.99. The van der Waals surface area contributed by atoms with Gasteiger partial charge in [0.25, 0.3) is 0 Å². The lowest BCUT2D eigenvalue weighted by atomic mass is 9.80. The van der Waals surface area contributed by atoms with Gasteiger partial charge in [0, 0.05) is 18.6 Å². The van der Waals surface area contributed by atoms with Gasteiger partial charge in [-0.25, -0.2) is 9.69 Å². The third-order valence-corrected chi connectivity index (χ3v) is 6.48. The summed E-state index contributed by atoms with van der Waals surface area (Å²) < 4.78 is 10.6. The minimum atomic E-state index is -1.20. The highest BCUT2D eigenvalue weighted by molar-refractivity contribution is 6.23. The van der Waals surface area contributed by atoms with Crippen LogP contribution in [0.1, 0.15) is 31.0 Å². The van der Waals surface area contributed by atoms with E-state index in [1.807, 2.05) is 36.5 Å². The highest BCUT2D eigenvalue weighted by Crippen LogP contribution is 2.46. The lowest BCUT2D eigenvalue weighted by molar-refractivity contribution is -0.731. The van der Waals surface area contributed by atoms with E-state index in [9.17, 15) is 14.4 Å². The summed E-state index contributed by atoms with van der Waals surface area (Å²) in [5, 5.41) is 1.85. The Morgan fingerprint density at radius 2 is 1.87 bits per heavy atom. The highest BCUT2D eigenvalue weighted by atomic mass is 16.5. The summed E-state index contributed by atoms with van der Waals surface area (Å²) in [6.45, 7) is 5.62. The van der Waals surface area contributed by atoms with Crippen molar-refractivity contribution in [3.63, 3.8) is 0 Å². The molecule has 162 valence electrons. The molecule has 7 heteroatoms. The number of nitrogens with two attached hydrogens (primary N) is 1. The smallest absolute Gasteiger partial charge is 0.368 e. The van der Waals surface area contributed by atoms with Gasteiger partial charge < -0.3 is 14.8 Å². The lowest BCUT2D eigenvalue weighted by Gasteiger charge is -2.26. The number of amides is 2. The van der Waals surface area contributed by atoms with Crippen LogP contribution in [0.3, 0.4) is 0 Å². The summed E-state index contributed by atoms with van der Waals surface area (Å²) in [6.07, 6.45) is 0. The number of esters is 1. The molecule has 0 aliphatic carbocycles. The van der Waals surface area contributed by atoms with E-state index in [-0.39, 0.29) is 24.5 Å². The Hall–Kier alpha value is -3.19. The predicted octanol–water partition coefficient (Wildman–Crippen LogP) is 1.75. The first-order valence-corrected chi connectivity index (χ1v) is 10.4. The van der Waals surface area contributed by atoms with Gasteiger partial charge in [-0.1, -0.05) is 30.3 Å². The van der Waals surface area contributed by atoms with Gasteiger partial charge in [-0.15, -0.1) is 0 Å². The van der Waals surface area contributed by atoms with Crippen molar-refractivity contribution in [2.75, 3.05) is 18.6 Å². The normalized spacial score (nSPS) is 27.4. The van der Waals surface area contributed by atoms with Gasteiger partial charge in [-0.2, -0.15) is 0 Å². The number of carbonyl (C=O) groups is 3. The van der Waals surface area contributed by atoms with Crippen LogP contribution < -0.4 is 15.0 Å². The zero-order chi connectivity index (χ0) is 22.3. The Kier molecular flexibility index (Phi) is 5.31. The molecule has 2 N–H and O–H groups in total. The van der Waals surface area contributed by atoms with Gasteiger partial charge in [-0.05, 0) is 31.5 Å². The average molecular weight is 423 g/mol. The maximum Gasteiger partial charge on any atom is 0.368 e. The Morgan fingerprint density at radius 3 is 2.55 bits per heavy atom. The number of fused-ring (bicyclic) bond motifs is 1. The maximum atomic E-state index is 13.7. The average Bonchev–Trinajstić information content (AvgIpc) is 3.22. The van der Waals surface area contributed by atoms with Crippen molar-refractivity contribution in [3.05, 3.63) is 59.7 Å². The molecule has 0 radical (unpaired) electrons. The van der Waals surface area contributed by atoms with E-state index in [0.717, 1.165) is 11.1 Å². The summed E-state index contributed by atoms with van der Waals surface area (Å²) in [6, 6.07) is 14.2. The van der Waals surface area contributed by atoms with Crippen molar-refractivity contribution in [1.82, 2.24) is 0 Å². The van der Waals surface area contributed by atoms with Crippen LogP contribution in [0, 0.1) is 18.8 Å². The predicted molar refractivity (Wildman–Crippen MR) is 113 cm³/mol. The third-order valence-electron chi connectivity index (χ3n) is 6.48. The van der Waals surface area contributed by atoms with E-state index < -0.39 is 23.3 Å². The SMILES string of the molecule is CCOC(=O)[C@@]1(C)[NH2+][C@@H](c2ccccc2C)[C@H]2C(=O)N(c3cccc(OC)c3)C(=O)[C@H]21. The van der Waals surface area contributed by atoms with Crippen molar-refractivity contribution in [2.24, 2.45) is 11.8 Å². The number of rotatable bonds is 5. The van der Waals surface area contributed by atoms with Crippen LogP contribution in [0.4, 0.5) is 5.69 Å². The second kappa shape index (κ2) is 7.81.